The molecule has 2 atom stereocenters. The molecule has 0 radical (unpaired) electrons. The van der Waals surface area contributed by atoms with Crippen molar-refractivity contribution in [1.29, 1.82) is 0 Å². The molecule has 28 heavy (non-hydrogen) atoms. The van der Waals surface area contributed by atoms with Crippen molar-refractivity contribution in [3.63, 3.8) is 0 Å². The number of hydrogen-bond donors (Lipinski definition) is 0. The Morgan fingerprint density at radius 3 is 2.54 bits per heavy atom. The summed E-state index contributed by atoms with van der Waals surface area (Å²) < 4.78 is 27.7. The van der Waals surface area contributed by atoms with E-state index in [1.807, 2.05) is 44.2 Å². The Balaban J connectivity index is 1.72. The van der Waals surface area contributed by atoms with Gasteiger partial charge in [-0.2, -0.15) is 4.31 Å². The molecule has 0 spiro atoms. The van der Waals surface area contributed by atoms with Crippen molar-refractivity contribution in [2.45, 2.75) is 36.9 Å². The maximum atomic E-state index is 13.1. The monoisotopic (exact) mass is 440 g/mol. The summed E-state index contributed by atoms with van der Waals surface area (Å²) in [5.41, 5.74) is 0.995. The van der Waals surface area contributed by atoms with Gasteiger partial charge >= 0.3 is 0 Å². The van der Waals surface area contributed by atoms with Gasteiger partial charge in [0.15, 0.2) is 0 Å². The molecule has 1 aromatic heterocycles. The van der Waals surface area contributed by atoms with E-state index < -0.39 is 10.0 Å². The number of amides is 1. The van der Waals surface area contributed by atoms with Crippen molar-refractivity contribution in [1.82, 2.24) is 9.21 Å². The van der Waals surface area contributed by atoms with E-state index in [9.17, 15) is 13.2 Å². The molecular weight excluding hydrogens is 416 g/mol. The fourth-order valence-electron chi connectivity index (χ4n) is 3.48. The summed E-state index contributed by atoms with van der Waals surface area (Å²) in [6.07, 6.45) is 1.38. The Kier molecular flexibility index (Phi) is 6.49. The highest BCUT2D eigenvalue weighted by Gasteiger charge is 2.35. The highest BCUT2D eigenvalue weighted by atomic mass is 35.5. The first-order chi connectivity index (χ1) is 13.2. The van der Waals surface area contributed by atoms with E-state index in [1.54, 1.807) is 18.0 Å². The lowest BCUT2D eigenvalue weighted by molar-refractivity contribution is -0.137. The predicted octanol–water partition coefficient (Wildman–Crippen LogP) is 4.33. The maximum Gasteiger partial charge on any atom is 0.252 e. The predicted molar refractivity (Wildman–Crippen MR) is 113 cm³/mol. The number of rotatable bonds is 5. The second kappa shape index (κ2) is 8.53. The van der Waals surface area contributed by atoms with Crippen LogP contribution >= 0.6 is 22.9 Å². The van der Waals surface area contributed by atoms with E-state index in [0.29, 0.717) is 28.6 Å². The molecule has 0 N–H and O–H groups in total. The first-order valence-corrected chi connectivity index (χ1v) is 11.9. The molecule has 2 unspecified atom stereocenters. The van der Waals surface area contributed by atoms with Crippen molar-refractivity contribution < 1.29 is 13.2 Å². The second-order valence-corrected chi connectivity index (χ2v) is 11.1. The van der Waals surface area contributed by atoms with Gasteiger partial charge in [-0.1, -0.05) is 23.7 Å². The van der Waals surface area contributed by atoms with Crippen LogP contribution in [0, 0.1) is 12.8 Å². The number of benzene rings is 1. The van der Waals surface area contributed by atoms with Crippen LogP contribution in [0.5, 0.6) is 0 Å². The fourth-order valence-corrected chi connectivity index (χ4v) is 6.57. The van der Waals surface area contributed by atoms with Crippen LogP contribution in [0.2, 0.25) is 5.02 Å². The van der Waals surface area contributed by atoms with Crippen molar-refractivity contribution in [3.05, 3.63) is 51.9 Å². The van der Waals surface area contributed by atoms with Crippen molar-refractivity contribution in [2.75, 3.05) is 20.1 Å². The molecule has 2 heterocycles. The number of carbonyl (C=O) groups excluding carboxylic acids is 1. The summed E-state index contributed by atoms with van der Waals surface area (Å²) in [4.78, 5) is 15.7. The Morgan fingerprint density at radius 1 is 1.25 bits per heavy atom. The lowest BCUT2D eigenvalue weighted by atomic mass is 9.97. The van der Waals surface area contributed by atoms with Crippen molar-refractivity contribution >= 4 is 38.9 Å². The number of aryl methyl sites for hydroxylation is 1. The van der Waals surface area contributed by atoms with E-state index in [2.05, 4.69) is 0 Å². The minimum atomic E-state index is -3.54. The third kappa shape index (κ3) is 4.43. The molecule has 2 aromatic rings. The molecule has 1 aromatic carbocycles. The summed E-state index contributed by atoms with van der Waals surface area (Å²) in [5, 5.41) is 0.655. The van der Waals surface area contributed by atoms with E-state index >= 15 is 0 Å². The van der Waals surface area contributed by atoms with Crippen LogP contribution < -0.4 is 0 Å². The number of sulfonamides is 1. The highest BCUT2D eigenvalue weighted by molar-refractivity contribution is 7.91. The van der Waals surface area contributed by atoms with Crippen LogP contribution in [0.25, 0.3) is 0 Å². The van der Waals surface area contributed by atoms with E-state index in [4.69, 9.17) is 11.6 Å². The average Bonchev–Trinajstić information content (AvgIpc) is 3.14. The molecule has 3 rings (SSSR count). The van der Waals surface area contributed by atoms with Gasteiger partial charge < -0.3 is 4.90 Å². The van der Waals surface area contributed by atoms with Gasteiger partial charge in [-0.25, -0.2) is 8.42 Å². The first kappa shape index (κ1) is 21.3. The zero-order valence-corrected chi connectivity index (χ0v) is 18.6. The van der Waals surface area contributed by atoms with Gasteiger partial charge in [0.2, 0.25) is 5.91 Å². The Hall–Kier alpha value is -1.41. The van der Waals surface area contributed by atoms with Gasteiger partial charge in [-0.3, -0.25) is 4.79 Å². The van der Waals surface area contributed by atoms with E-state index in [1.165, 1.54) is 15.6 Å². The number of hydrogen-bond acceptors (Lipinski definition) is 4. The Labute approximate surface area is 176 Å². The number of carbonyl (C=O) groups is 1. The molecule has 1 aliphatic heterocycles. The van der Waals surface area contributed by atoms with Crippen LogP contribution in [0.4, 0.5) is 0 Å². The molecule has 0 saturated carbocycles. The van der Waals surface area contributed by atoms with Crippen molar-refractivity contribution in [3.8, 4) is 0 Å². The maximum absolute atomic E-state index is 13.1. The number of thiophene rings is 1. The third-order valence-corrected chi connectivity index (χ3v) is 8.91. The summed E-state index contributed by atoms with van der Waals surface area (Å²) in [6, 6.07) is 10.8. The molecule has 0 aliphatic carbocycles. The van der Waals surface area contributed by atoms with Gasteiger partial charge in [-0.05, 0) is 56.5 Å². The molecule has 1 saturated heterocycles. The molecule has 1 amide bonds. The fraction of sp³-hybridized carbons (Fsp3) is 0.450. The van der Waals surface area contributed by atoms with E-state index in [-0.39, 0.29) is 24.4 Å². The van der Waals surface area contributed by atoms with Crippen LogP contribution in [-0.2, 0) is 14.8 Å². The number of piperidine rings is 1. The minimum absolute atomic E-state index is 0.0234. The molecule has 1 fully saturated rings. The van der Waals surface area contributed by atoms with Gasteiger partial charge in [0.1, 0.15) is 4.21 Å². The van der Waals surface area contributed by atoms with E-state index in [0.717, 1.165) is 10.4 Å². The van der Waals surface area contributed by atoms with Crippen LogP contribution in [-0.4, -0.2) is 43.7 Å². The van der Waals surface area contributed by atoms with Crippen molar-refractivity contribution in [2.24, 2.45) is 5.92 Å². The normalized spacial score (nSPS) is 19.4. The molecule has 152 valence electrons. The van der Waals surface area contributed by atoms with Crippen LogP contribution in [0.15, 0.2) is 40.6 Å². The summed E-state index contributed by atoms with van der Waals surface area (Å²) >= 11 is 7.22. The Bertz CT molecular complexity index is 941. The molecule has 1 aliphatic rings. The van der Waals surface area contributed by atoms with Crippen LogP contribution in [0.1, 0.15) is 36.2 Å². The SMILES string of the molecule is Cc1ccc(S(=O)(=O)N2CCCC(C(=O)N(C)C(C)c3ccc(Cl)cc3)C2)s1. The van der Waals surface area contributed by atoms with Crippen LogP contribution in [0.3, 0.4) is 0 Å². The van der Waals surface area contributed by atoms with Gasteiger partial charge in [-0.15, -0.1) is 11.3 Å². The zero-order chi connectivity index (χ0) is 20.5. The average molecular weight is 441 g/mol. The van der Waals surface area contributed by atoms with Gasteiger partial charge in [0, 0.05) is 30.0 Å². The standard InChI is InChI=1S/C20H25ClN2O3S2/c1-14-6-11-19(27-14)28(25,26)23-12-4-5-17(13-23)20(24)22(3)15(2)16-7-9-18(21)10-8-16/h6-11,15,17H,4-5,12-13H2,1-3H3. The third-order valence-electron chi connectivity index (χ3n) is 5.32. The zero-order valence-electron chi connectivity index (χ0n) is 16.3. The highest BCUT2D eigenvalue weighted by Crippen LogP contribution is 2.30. The largest absolute Gasteiger partial charge is 0.339 e. The molecule has 0 bridgehead atoms. The smallest absolute Gasteiger partial charge is 0.252 e. The molecule has 5 nitrogen and oxygen atoms in total. The summed E-state index contributed by atoms with van der Waals surface area (Å²) in [5.74, 6) is -0.353. The lowest BCUT2D eigenvalue weighted by Gasteiger charge is -2.35. The minimum Gasteiger partial charge on any atom is -0.339 e. The first-order valence-electron chi connectivity index (χ1n) is 9.29. The van der Waals surface area contributed by atoms with Gasteiger partial charge in [0.05, 0.1) is 12.0 Å². The number of nitrogens with zero attached hydrogens (tertiary/aromatic N) is 2. The Morgan fingerprint density at radius 2 is 1.93 bits per heavy atom. The molecular formula is C20H25ClN2O3S2. The topological polar surface area (TPSA) is 57.7 Å². The lowest BCUT2D eigenvalue weighted by Crippen LogP contribution is -2.46. The summed E-state index contributed by atoms with van der Waals surface area (Å²) in [6.45, 7) is 4.54. The van der Waals surface area contributed by atoms with Gasteiger partial charge in [0.25, 0.3) is 10.0 Å². The second-order valence-electron chi connectivity index (χ2n) is 7.24. The quantitative estimate of drug-likeness (QED) is 0.695. The molecule has 8 heteroatoms. The number of halogens is 1. The summed E-state index contributed by atoms with van der Waals surface area (Å²) in [7, 11) is -1.77.